The van der Waals surface area contributed by atoms with Crippen molar-refractivity contribution in [1.82, 2.24) is 4.90 Å². The average molecular weight is 674 g/mol. The molecule has 0 radical (unpaired) electrons. The van der Waals surface area contributed by atoms with Crippen molar-refractivity contribution in [3.8, 4) is 17.2 Å². The number of phenols is 2. The molecular weight excluding hydrogens is 630 g/mol. The number of hydrogen-bond donors (Lipinski definition) is 4. The number of hydrogen-bond acceptors (Lipinski definition) is 14. The lowest BCUT2D eigenvalue weighted by Crippen LogP contribution is -2.59. The Morgan fingerprint density at radius 3 is 2.48 bits per heavy atom. The van der Waals surface area contributed by atoms with Gasteiger partial charge >= 0.3 is 0 Å². The minimum absolute atomic E-state index is 0.0237. The molecule has 0 aromatic heterocycles. The third-order valence-electron chi connectivity index (χ3n) is 10.2. The molecule has 2 saturated heterocycles. The Bertz CT molecular complexity index is 1560. The summed E-state index contributed by atoms with van der Waals surface area (Å²) in [5.41, 5.74) is -1.96. The molecule has 0 amide bonds. The van der Waals surface area contributed by atoms with Gasteiger partial charge in [-0.1, -0.05) is 12.1 Å². The fourth-order valence-electron chi connectivity index (χ4n) is 7.65. The number of rotatable bonds is 9. The van der Waals surface area contributed by atoms with Gasteiger partial charge in [0.25, 0.3) is 0 Å². The molecule has 14 heteroatoms. The maximum atomic E-state index is 14.0. The van der Waals surface area contributed by atoms with E-state index >= 15 is 0 Å². The van der Waals surface area contributed by atoms with E-state index in [-0.39, 0.29) is 65.0 Å². The largest absolute Gasteiger partial charge is 0.507 e. The molecule has 262 valence electrons. The lowest BCUT2D eigenvalue weighted by molar-refractivity contribution is -0.270. The van der Waals surface area contributed by atoms with Gasteiger partial charge in [-0.3, -0.25) is 14.5 Å². The standard InChI is InChI=1S/C34H43NO13/c1-16-29(37)19(35-9-10-46-24(14-35)44-4)11-23(47-16)48-21-13-34(45-5,22(36)15-42-2)12-18-26(21)33(41)28-27(31(18)39)30(38)17-7-6-8-20(43-3)25(17)32(28)40/h6-8,16,19,21-24,29,36-37,39,41H,9-15H2,1-5H3/t16-,19-,21-,22?,23?,24-,29+,34-/m0/s1. The van der Waals surface area contributed by atoms with Gasteiger partial charge in [0.1, 0.15) is 29.0 Å². The third kappa shape index (κ3) is 5.68. The summed E-state index contributed by atoms with van der Waals surface area (Å²) in [7, 11) is 5.75. The van der Waals surface area contributed by atoms with Crippen LogP contribution in [0.25, 0.3) is 0 Å². The highest BCUT2D eigenvalue weighted by Crippen LogP contribution is 2.53. The molecule has 2 aliphatic carbocycles. The normalized spacial score (nSPS) is 31.1. The van der Waals surface area contributed by atoms with Gasteiger partial charge in [-0.05, 0) is 13.0 Å². The van der Waals surface area contributed by atoms with Gasteiger partial charge in [0.15, 0.2) is 18.4 Å². The topological polar surface area (TPSA) is 183 Å². The Hall–Kier alpha value is -3.18. The van der Waals surface area contributed by atoms with Gasteiger partial charge < -0.3 is 53.6 Å². The molecule has 0 bridgehead atoms. The molecule has 4 aliphatic rings. The number of carbonyl (C=O) groups excluding carboxylic acids is 2. The summed E-state index contributed by atoms with van der Waals surface area (Å²) >= 11 is 0. The van der Waals surface area contributed by atoms with E-state index in [4.69, 9.17) is 33.2 Å². The Kier molecular flexibility index (Phi) is 9.84. The molecule has 6 rings (SSSR count). The molecule has 0 spiro atoms. The van der Waals surface area contributed by atoms with Gasteiger partial charge in [0.05, 0.1) is 55.3 Å². The summed E-state index contributed by atoms with van der Waals surface area (Å²) in [4.78, 5) is 29.9. The summed E-state index contributed by atoms with van der Waals surface area (Å²) in [5, 5.41) is 46.2. The van der Waals surface area contributed by atoms with Crippen LogP contribution >= 0.6 is 0 Å². The molecule has 2 unspecified atom stereocenters. The Morgan fingerprint density at radius 2 is 1.79 bits per heavy atom. The second-order valence-electron chi connectivity index (χ2n) is 12.7. The average Bonchev–Trinajstić information content (AvgIpc) is 3.09. The molecule has 8 atom stereocenters. The monoisotopic (exact) mass is 673 g/mol. The Balaban J connectivity index is 1.44. The van der Waals surface area contributed by atoms with E-state index < -0.39 is 71.7 Å². The van der Waals surface area contributed by atoms with Crippen molar-refractivity contribution < 1.29 is 63.2 Å². The summed E-state index contributed by atoms with van der Waals surface area (Å²) < 4.78 is 40.3. The van der Waals surface area contributed by atoms with Crippen LogP contribution in [0.4, 0.5) is 0 Å². The third-order valence-corrected chi connectivity index (χ3v) is 10.2. The van der Waals surface area contributed by atoms with Crippen LogP contribution in [0.15, 0.2) is 18.2 Å². The van der Waals surface area contributed by atoms with Crippen molar-refractivity contribution in [1.29, 1.82) is 0 Å². The van der Waals surface area contributed by atoms with Crippen molar-refractivity contribution >= 4 is 11.6 Å². The molecule has 2 aliphatic heterocycles. The fourth-order valence-corrected chi connectivity index (χ4v) is 7.65. The van der Waals surface area contributed by atoms with Crippen molar-refractivity contribution in [2.45, 2.75) is 74.8 Å². The molecule has 14 nitrogen and oxygen atoms in total. The first-order chi connectivity index (χ1) is 23.0. The highest BCUT2D eigenvalue weighted by atomic mass is 16.7. The van der Waals surface area contributed by atoms with Crippen molar-refractivity contribution in [3.63, 3.8) is 0 Å². The van der Waals surface area contributed by atoms with E-state index in [1.807, 2.05) is 0 Å². The van der Waals surface area contributed by atoms with E-state index in [1.165, 1.54) is 33.5 Å². The van der Waals surface area contributed by atoms with Crippen LogP contribution in [0.1, 0.15) is 68.8 Å². The molecule has 2 aromatic carbocycles. The molecule has 2 fully saturated rings. The molecular formula is C34H43NO13. The van der Waals surface area contributed by atoms with E-state index in [2.05, 4.69) is 4.90 Å². The highest BCUT2D eigenvalue weighted by Gasteiger charge is 2.51. The van der Waals surface area contributed by atoms with Crippen LogP contribution in [0.2, 0.25) is 0 Å². The molecule has 48 heavy (non-hydrogen) atoms. The zero-order valence-corrected chi connectivity index (χ0v) is 27.6. The number of nitrogens with zero attached hydrogens (tertiary/aromatic N) is 1. The number of aromatic hydroxyl groups is 2. The molecule has 2 heterocycles. The Morgan fingerprint density at radius 1 is 1.04 bits per heavy atom. The first-order valence-electron chi connectivity index (χ1n) is 16.0. The Labute approximate surface area is 278 Å². The van der Waals surface area contributed by atoms with Crippen molar-refractivity contribution in [2.75, 3.05) is 54.7 Å². The highest BCUT2D eigenvalue weighted by molar-refractivity contribution is 6.31. The number of fused-ring (bicyclic) bond motifs is 3. The quantitative estimate of drug-likeness (QED) is 0.240. The predicted molar refractivity (Wildman–Crippen MR) is 166 cm³/mol. The van der Waals surface area contributed by atoms with Crippen molar-refractivity contribution in [3.05, 3.63) is 51.6 Å². The molecule has 4 N–H and O–H groups in total. The molecule has 0 saturated carbocycles. The minimum Gasteiger partial charge on any atom is -0.507 e. The van der Waals surface area contributed by atoms with Gasteiger partial charge in [0.2, 0.25) is 5.78 Å². The minimum atomic E-state index is -1.40. The maximum absolute atomic E-state index is 14.0. The van der Waals surface area contributed by atoms with E-state index in [0.717, 1.165) is 0 Å². The number of phenolic OH excluding ortho intramolecular Hbond substituents is 2. The van der Waals surface area contributed by atoms with E-state index in [0.29, 0.717) is 19.7 Å². The lowest BCUT2D eigenvalue weighted by atomic mass is 9.71. The number of morpholine rings is 1. The second-order valence-corrected chi connectivity index (χ2v) is 12.7. The summed E-state index contributed by atoms with van der Waals surface area (Å²) in [6.07, 6.45) is -5.20. The first-order valence-corrected chi connectivity index (χ1v) is 16.0. The lowest BCUT2D eigenvalue weighted by Gasteiger charge is -2.48. The van der Waals surface area contributed by atoms with Gasteiger partial charge in [-0.2, -0.15) is 0 Å². The van der Waals surface area contributed by atoms with Crippen molar-refractivity contribution in [2.24, 2.45) is 0 Å². The maximum Gasteiger partial charge on any atom is 0.202 e. The van der Waals surface area contributed by atoms with Crippen LogP contribution in [-0.2, 0) is 34.8 Å². The zero-order chi connectivity index (χ0) is 34.5. The van der Waals surface area contributed by atoms with Gasteiger partial charge in [-0.25, -0.2) is 0 Å². The van der Waals surface area contributed by atoms with Crippen LogP contribution < -0.4 is 4.74 Å². The number of methoxy groups -OCH3 is 4. The summed E-state index contributed by atoms with van der Waals surface area (Å²) in [6.45, 7) is 2.98. The second kappa shape index (κ2) is 13.6. The fraction of sp³-hybridized carbons (Fsp3) is 0.588. The number of aliphatic hydroxyl groups is 2. The summed E-state index contributed by atoms with van der Waals surface area (Å²) in [6, 6.07) is 4.16. The predicted octanol–water partition coefficient (Wildman–Crippen LogP) is 1.45. The molecule has 2 aromatic rings. The van der Waals surface area contributed by atoms with Crippen LogP contribution in [0, 0.1) is 0 Å². The number of benzene rings is 2. The smallest absolute Gasteiger partial charge is 0.202 e. The SMILES string of the molecule is COCC(O)[C@]1(OC)Cc2c(O)c3c(c(O)c2[C@@H](OC2C[C@H](N4CCO[C@H](OC)C4)[C@H](O)[C@H](C)O2)C1)C(=O)c1c(OC)cccc1C3=O. The van der Waals surface area contributed by atoms with Crippen LogP contribution in [0.3, 0.4) is 0 Å². The van der Waals surface area contributed by atoms with E-state index in [1.54, 1.807) is 20.1 Å². The van der Waals surface area contributed by atoms with Crippen LogP contribution in [-0.4, -0.2) is 134 Å². The number of carbonyl (C=O) groups is 2. The first kappa shape index (κ1) is 34.7. The van der Waals surface area contributed by atoms with E-state index in [9.17, 15) is 30.0 Å². The van der Waals surface area contributed by atoms with Gasteiger partial charge in [-0.15, -0.1) is 0 Å². The summed E-state index contributed by atoms with van der Waals surface area (Å²) in [5.74, 6) is -2.26. The van der Waals surface area contributed by atoms with Gasteiger partial charge in [0, 0.05) is 76.4 Å². The number of ether oxygens (including phenoxy) is 7. The zero-order valence-electron chi connectivity index (χ0n) is 27.6. The van der Waals surface area contributed by atoms with Crippen LogP contribution in [0.5, 0.6) is 17.2 Å². The number of ketones is 2. The number of aliphatic hydroxyl groups excluding tert-OH is 2.